The summed E-state index contributed by atoms with van der Waals surface area (Å²) in [6.07, 6.45) is 0.651. The Morgan fingerprint density at radius 1 is 0.877 bits per heavy atom. The van der Waals surface area contributed by atoms with Crippen molar-refractivity contribution >= 4 is 58.1 Å². The number of alkyl halides is 4. The predicted molar refractivity (Wildman–Crippen MR) is 204 cm³/mol. The summed E-state index contributed by atoms with van der Waals surface area (Å²) in [5.41, 5.74) is 7.78. The molecule has 0 aliphatic carbocycles. The Hall–Kier alpha value is -3.86. The monoisotopic (exact) mass is 855 g/mol. The summed E-state index contributed by atoms with van der Waals surface area (Å²) in [4.78, 5) is 46.7. The maximum atomic E-state index is 13.5. The van der Waals surface area contributed by atoms with Crippen molar-refractivity contribution in [3.05, 3.63) is 42.0 Å². The molecule has 0 saturated heterocycles. The van der Waals surface area contributed by atoms with E-state index in [0.717, 1.165) is 43.7 Å². The van der Waals surface area contributed by atoms with Gasteiger partial charge in [0.05, 0.1) is 66.0 Å². The number of imidazole rings is 1. The Kier molecular flexibility index (Phi) is 24.7. The molecule has 320 valence electrons. The zero-order chi connectivity index (χ0) is 41.9. The molecule has 1 atom stereocenters. The van der Waals surface area contributed by atoms with Crippen LogP contribution in [0.2, 0.25) is 0 Å². The zero-order valence-electron chi connectivity index (χ0n) is 31.6. The molecule has 0 fully saturated rings. The molecule has 5 N–H and O–H groups in total. The van der Waals surface area contributed by atoms with Crippen molar-refractivity contribution in [1.29, 1.82) is 0 Å². The van der Waals surface area contributed by atoms with Gasteiger partial charge in [0, 0.05) is 31.7 Å². The molecule has 0 aliphatic heterocycles. The number of carbonyl (C=O) groups excluding carboxylic acids is 2. The first-order valence-electron chi connectivity index (χ1n) is 18.0. The Morgan fingerprint density at radius 2 is 1.42 bits per heavy atom. The minimum atomic E-state index is -5.08. The van der Waals surface area contributed by atoms with Gasteiger partial charge in [0.25, 0.3) is 0 Å². The fourth-order valence-corrected chi connectivity index (χ4v) is 5.75. The summed E-state index contributed by atoms with van der Waals surface area (Å²) >= 11 is 6.92. The Balaban J connectivity index is 0.00000146. The fourth-order valence-electron chi connectivity index (χ4n) is 4.55. The van der Waals surface area contributed by atoms with Crippen LogP contribution in [0.3, 0.4) is 0 Å². The summed E-state index contributed by atoms with van der Waals surface area (Å²) in [6, 6.07) is 5.24. The van der Waals surface area contributed by atoms with Crippen molar-refractivity contribution in [2.24, 2.45) is 0 Å². The van der Waals surface area contributed by atoms with E-state index in [1.165, 1.54) is 37.1 Å². The summed E-state index contributed by atoms with van der Waals surface area (Å²) in [5, 5.41) is 13.1. The van der Waals surface area contributed by atoms with Crippen LogP contribution in [0.4, 0.5) is 23.4 Å². The van der Waals surface area contributed by atoms with Gasteiger partial charge in [0.1, 0.15) is 18.2 Å². The molecule has 3 aromatic rings. The van der Waals surface area contributed by atoms with Gasteiger partial charge in [0.15, 0.2) is 22.1 Å². The summed E-state index contributed by atoms with van der Waals surface area (Å²) in [5.74, 6) is -2.70. The van der Waals surface area contributed by atoms with E-state index in [0.29, 0.717) is 75.7 Å². The molecule has 22 heteroatoms. The van der Waals surface area contributed by atoms with Gasteiger partial charge in [-0.2, -0.15) is 13.2 Å². The number of nitrogens with two attached hydrogens (primary N) is 1. The lowest BCUT2D eigenvalue weighted by Gasteiger charge is -2.17. The highest BCUT2D eigenvalue weighted by Crippen LogP contribution is 2.27. The van der Waals surface area contributed by atoms with Gasteiger partial charge in [-0.3, -0.25) is 14.2 Å². The second kappa shape index (κ2) is 28.5. The average molecular weight is 856 g/mol. The lowest BCUT2D eigenvalue weighted by molar-refractivity contribution is -0.192. The lowest BCUT2D eigenvalue weighted by atomic mass is 10.2. The van der Waals surface area contributed by atoms with Crippen LogP contribution in [0.15, 0.2) is 35.7 Å². The number of nitrogens with zero attached hydrogens (tertiary/aromatic N) is 4. The van der Waals surface area contributed by atoms with E-state index in [1.54, 1.807) is 12.1 Å². The van der Waals surface area contributed by atoms with E-state index in [2.05, 4.69) is 25.6 Å². The van der Waals surface area contributed by atoms with E-state index in [-0.39, 0.29) is 42.4 Å². The standard InChI is InChI=1S/C33H49ClFN7O7S.C2HF3O2/c1-25(43)40-28(23-50-33-41-29-30(36)38-24-39-31(29)42(33)22-26-6-8-27(35)9-7-26)32(44)37-11-13-46-15-17-48-19-21-49-20-18-47-16-14-45-12-5-3-2-4-10-34;3-2(4,5)1(6)7/h6-9,24,28H,2-5,10-23H2,1H3,(H,37,44)(H,40,43)(H2,36,38,39);(H,6,7)/t28-;/m0./s1. The number of carboxylic acid groups (broad SMARTS) is 1. The molecule has 0 aliphatic rings. The van der Waals surface area contributed by atoms with Crippen molar-refractivity contribution in [1.82, 2.24) is 30.2 Å². The number of ether oxygens (including phenoxy) is 5. The van der Waals surface area contributed by atoms with E-state index in [1.807, 2.05) is 4.57 Å². The summed E-state index contributed by atoms with van der Waals surface area (Å²) in [7, 11) is 0. The predicted octanol–water partition coefficient (Wildman–Crippen LogP) is 3.82. The van der Waals surface area contributed by atoms with Gasteiger partial charge in [-0.25, -0.2) is 24.1 Å². The van der Waals surface area contributed by atoms with Crippen molar-refractivity contribution in [2.45, 2.75) is 56.5 Å². The topological polar surface area (TPSA) is 211 Å². The molecular weight excluding hydrogens is 806 g/mol. The normalized spacial score (nSPS) is 11.9. The van der Waals surface area contributed by atoms with Crippen LogP contribution >= 0.6 is 23.4 Å². The van der Waals surface area contributed by atoms with Crippen LogP contribution in [0.25, 0.3) is 11.2 Å². The number of anilines is 1. The minimum absolute atomic E-state index is 0.179. The number of thioether (sulfide) groups is 1. The number of aliphatic carboxylic acids is 1. The average Bonchev–Trinajstić information content (AvgIpc) is 3.52. The van der Waals surface area contributed by atoms with Crippen LogP contribution in [-0.4, -0.2) is 139 Å². The quantitative estimate of drug-likeness (QED) is 0.0354. The molecule has 1 aromatic carbocycles. The molecule has 0 radical (unpaired) electrons. The third-order valence-electron chi connectivity index (χ3n) is 7.30. The maximum Gasteiger partial charge on any atom is 0.490 e. The van der Waals surface area contributed by atoms with E-state index in [4.69, 9.17) is 50.9 Å². The van der Waals surface area contributed by atoms with Gasteiger partial charge in [0.2, 0.25) is 11.8 Å². The minimum Gasteiger partial charge on any atom is -0.475 e. The van der Waals surface area contributed by atoms with Crippen LogP contribution in [0.5, 0.6) is 0 Å². The number of aromatic nitrogens is 4. The smallest absolute Gasteiger partial charge is 0.475 e. The number of carboxylic acids is 1. The highest BCUT2D eigenvalue weighted by atomic mass is 35.5. The zero-order valence-corrected chi connectivity index (χ0v) is 33.1. The van der Waals surface area contributed by atoms with Gasteiger partial charge in [-0.1, -0.05) is 36.7 Å². The highest BCUT2D eigenvalue weighted by molar-refractivity contribution is 7.99. The molecular formula is C35H50ClF4N7O9S. The maximum absolute atomic E-state index is 13.5. The molecule has 2 heterocycles. The van der Waals surface area contributed by atoms with Crippen molar-refractivity contribution in [2.75, 3.05) is 90.0 Å². The first kappa shape index (κ1) is 49.3. The van der Waals surface area contributed by atoms with Gasteiger partial charge in [-0.15, -0.1) is 11.6 Å². The third-order valence-corrected chi connectivity index (χ3v) is 8.64. The van der Waals surface area contributed by atoms with Crippen LogP contribution in [0.1, 0.15) is 38.2 Å². The molecule has 0 bridgehead atoms. The molecule has 0 saturated carbocycles. The van der Waals surface area contributed by atoms with Crippen molar-refractivity contribution in [3.63, 3.8) is 0 Å². The van der Waals surface area contributed by atoms with E-state index >= 15 is 0 Å². The second-order valence-corrected chi connectivity index (χ2v) is 13.2. The second-order valence-electron chi connectivity index (χ2n) is 11.9. The summed E-state index contributed by atoms with van der Waals surface area (Å²) < 4.78 is 74.6. The number of hydrogen-bond donors (Lipinski definition) is 4. The number of nitrogens with one attached hydrogen (secondary N) is 2. The first-order chi connectivity index (χ1) is 27.3. The van der Waals surface area contributed by atoms with Gasteiger partial charge < -0.3 is 45.2 Å². The van der Waals surface area contributed by atoms with Crippen molar-refractivity contribution < 1.29 is 60.7 Å². The highest BCUT2D eigenvalue weighted by Gasteiger charge is 2.38. The van der Waals surface area contributed by atoms with Crippen LogP contribution in [0, 0.1) is 5.82 Å². The van der Waals surface area contributed by atoms with Crippen molar-refractivity contribution in [3.8, 4) is 0 Å². The molecule has 2 aromatic heterocycles. The number of rotatable bonds is 28. The number of unbranched alkanes of at least 4 members (excludes halogenated alkanes) is 3. The molecule has 57 heavy (non-hydrogen) atoms. The number of benzene rings is 1. The summed E-state index contributed by atoms with van der Waals surface area (Å²) in [6.45, 7) is 6.67. The number of fused-ring (bicyclic) bond motifs is 1. The van der Waals surface area contributed by atoms with E-state index < -0.39 is 18.2 Å². The number of hydrogen-bond acceptors (Lipinski definition) is 13. The van der Waals surface area contributed by atoms with E-state index in [9.17, 15) is 27.2 Å². The molecule has 0 unspecified atom stereocenters. The van der Waals surface area contributed by atoms with Gasteiger partial charge in [-0.05, 0) is 30.5 Å². The largest absolute Gasteiger partial charge is 0.490 e. The third kappa shape index (κ3) is 21.5. The number of halogens is 5. The first-order valence-corrected chi connectivity index (χ1v) is 19.5. The fraction of sp³-hybridized carbons (Fsp3) is 0.600. The Labute approximate surface area is 336 Å². The Bertz CT molecular complexity index is 1610. The number of amides is 2. The molecule has 0 spiro atoms. The molecule has 2 amide bonds. The Morgan fingerprint density at radius 3 is 1.96 bits per heavy atom. The number of carbonyl (C=O) groups is 3. The SMILES string of the molecule is CC(=O)N[C@@H](CSc1nc2c(N)ncnc2n1Cc1ccc(F)cc1)C(=O)NCCOCCOCCOCCOCCOCCCCCCCl.O=C(O)C(F)(F)F. The van der Waals surface area contributed by atoms with Crippen LogP contribution < -0.4 is 16.4 Å². The lowest BCUT2D eigenvalue weighted by Crippen LogP contribution is -2.48. The number of nitrogen functional groups attached to an aromatic ring is 1. The van der Waals surface area contributed by atoms with Gasteiger partial charge >= 0.3 is 12.1 Å². The van der Waals surface area contributed by atoms with Crippen LogP contribution in [-0.2, 0) is 44.6 Å². The molecule has 3 rings (SSSR count). The molecule has 16 nitrogen and oxygen atoms in total.